The van der Waals surface area contributed by atoms with E-state index in [9.17, 15) is 4.79 Å². The number of ketones is 1. The molecule has 1 aliphatic heterocycles. The summed E-state index contributed by atoms with van der Waals surface area (Å²) in [5.74, 6) is 0.333. The number of nitrogens with one attached hydrogen (secondary N) is 1. The highest BCUT2D eigenvalue weighted by Gasteiger charge is 2.41. The quantitative estimate of drug-likeness (QED) is 0.700. The summed E-state index contributed by atoms with van der Waals surface area (Å²) in [6, 6.07) is 0. The van der Waals surface area contributed by atoms with Crippen molar-refractivity contribution in [3.8, 4) is 0 Å². The first-order chi connectivity index (χ1) is 7.30. The van der Waals surface area contributed by atoms with Crippen molar-refractivity contribution >= 4 is 11.9 Å². The van der Waals surface area contributed by atoms with Gasteiger partial charge in [0.05, 0.1) is 24.0 Å². The molecule has 1 N–H and O–H groups in total. The van der Waals surface area contributed by atoms with E-state index in [1.807, 2.05) is 6.08 Å². The molecule has 0 amide bonds. The molecule has 1 aliphatic carbocycles. The van der Waals surface area contributed by atoms with Crippen LogP contribution in [0.25, 0.3) is 6.08 Å². The van der Waals surface area contributed by atoms with Crippen molar-refractivity contribution in [3.05, 3.63) is 24.0 Å². The van der Waals surface area contributed by atoms with Gasteiger partial charge in [-0.1, -0.05) is 0 Å². The van der Waals surface area contributed by atoms with Crippen LogP contribution in [0.5, 0.6) is 0 Å². The molecule has 15 heavy (non-hydrogen) atoms. The number of nitrogens with zero attached hydrogens (tertiary/aromatic N) is 1. The molecular weight excluding hydrogens is 192 g/mol. The fraction of sp³-hybridized carbons (Fsp3) is 0.455. The smallest absolute Gasteiger partial charge is 0.151 e. The molecule has 1 fully saturated rings. The molecule has 0 aromatic carbocycles. The van der Waals surface area contributed by atoms with Crippen LogP contribution < -0.4 is 0 Å². The van der Waals surface area contributed by atoms with E-state index in [2.05, 4.69) is 9.97 Å². The Bertz CT molecular complexity index is 424. The van der Waals surface area contributed by atoms with Crippen molar-refractivity contribution < 1.29 is 9.53 Å². The average Bonchev–Trinajstić information content (AvgIpc) is 2.72. The molecule has 0 bridgehead atoms. The normalized spacial score (nSPS) is 22.5. The molecule has 0 radical (unpaired) electrons. The van der Waals surface area contributed by atoms with Crippen LogP contribution in [0.4, 0.5) is 0 Å². The Morgan fingerprint density at radius 1 is 1.40 bits per heavy atom. The van der Waals surface area contributed by atoms with Gasteiger partial charge in [-0.05, 0) is 12.8 Å². The maximum absolute atomic E-state index is 11.2. The molecule has 1 spiro atoms. The third-order valence-electron chi connectivity index (χ3n) is 3.26. The number of ether oxygens (including phenoxy) is 1. The standard InChI is InChI=1S/C11H12N2O2/c14-8-1-4-11(5-2-8)10-9(3-6-15-11)12-7-13-10/h3,6-7H,1-2,4-5H2,(H,12,13). The molecule has 0 atom stereocenters. The van der Waals surface area contributed by atoms with Gasteiger partial charge in [0.2, 0.25) is 0 Å². The van der Waals surface area contributed by atoms with Crippen molar-refractivity contribution in [3.63, 3.8) is 0 Å². The highest BCUT2D eigenvalue weighted by Crippen LogP contribution is 2.42. The Labute approximate surface area is 87.4 Å². The molecule has 1 aromatic rings. The number of H-pyrrole nitrogens is 1. The van der Waals surface area contributed by atoms with E-state index < -0.39 is 0 Å². The first-order valence-corrected chi connectivity index (χ1v) is 5.20. The summed E-state index contributed by atoms with van der Waals surface area (Å²) in [7, 11) is 0. The number of imidazole rings is 1. The largest absolute Gasteiger partial charge is 0.488 e. The van der Waals surface area contributed by atoms with Gasteiger partial charge in [0.15, 0.2) is 5.60 Å². The molecule has 78 valence electrons. The van der Waals surface area contributed by atoms with Gasteiger partial charge in [0.1, 0.15) is 5.78 Å². The summed E-state index contributed by atoms with van der Waals surface area (Å²) in [4.78, 5) is 18.6. The Balaban J connectivity index is 2.00. The summed E-state index contributed by atoms with van der Waals surface area (Å²) in [6.45, 7) is 0. The van der Waals surface area contributed by atoms with E-state index in [4.69, 9.17) is 4.74 Å². The van der Waals surface area contributed by atoms with Crippen molar-refractivity contribution in [2.75, 3.05) is 0 Å². The van der Waals surface area contributed by atoms with Crippen molar-refractivity contribution in [1.29, 1.82) is 0 Å². The highest BCUT2D eigenvalue weighted by atomic mass is 16.5. The Morgan fingerprint density at radius 2 is 2.20 bits per heavy atom. The van der Waals surface area contributed by atoms with Gasteiger partial charge in [-0.15, -0.1) is 0 Å². The summed E-state index contributed by atoms with van der Waals surface area (Å²) < 4.78 is 5.74. The zero-order chi connectivity index (χ0) is 10.3. The van der Waals surface area contributed by atoms with Gasteiger partial charge >= 0.3 is 0 Å². The fourth-order valence-electron chi connectivity index (χ4n) is 2.38. The second-order valence-corrected chi connectivity index (χ2v) is 4.12. The minimum atomic E-state index is -0.325. The van der Waals surface area contributed by atoms with Gasteiger partial charge in [-0.2, -0.15) is 0 Å². The number of Topliss-reactive ketones (excluding diaryl/α,β-unsaturated/α-hetero) is 1. The van der Waals surface area contributed by atoms with Crippen molar-refractivity contribution in [2.24, 2.45) is 0 Å². The Morgan fingerprint density at radius 3 is 3.00 bits per heavy atom. The van der Waals surface area contributed by atoms with Crippen LogP contribution in [0, 0.1) is 0 Å². The van der Waals surface area contributed by atoms with E-state index in [-0.39, 0.29) is 5.60 Å². The van der Waals surface area contributed by atoms with E-state index in [1.165, 1.54) is 0 Å². The third-order valence-corrected chi connectivity index (χ3v) is 3.26. The Kier molecular flexibility index (Phi) is 1.71. The number of fused-ring (bicyclic) bond motifs is 2. The number of carbonyl (C=O) groups is 1. The minimum absolute atomic E-state index is 0.325. The predicted molar refractivity (Wildman–Crippen MR) is 53.9 cm³/mol. The van der Waals surface area contributed by atoms with Crippen molar-refractivity contribution in [1.82, 2.24) is 9.97 Å². The lowest BCUT2D eigenvalue weighted by Crippen LogP contribution is -2.35. The van der Waals surface area contributed by atoms with Crippen LogP contribution >= 0.6 is 0 Å². The lowest BCUT2D eigenvalue weighted by molar-refractivity contribution is -0.126. The number of hydrogen-bond donors (Lipinski definition) is 1. The molecule has 2 heterocycles. The van der Waals surface area contributed by atoms with E-state index in [0.717, 1.165) is 24.2 Å². The average molecular weight is 204 g/mol. The highest BCUT2D eigenvalue weighted by molar-refractivity contribution is 5.79. The van der Waals surface area contributed by atoms with Gasteiger partial charge in [0, 0.05) is 18.9 Å². The first-order valence-electron chi connectivity index (χ1n) is 5.20. The number of rotatable bonds is 0. The number of aromatic amines is 1. The number of aromatic nitrogens is 2. The monoisotopic (exact) mass is 204 g/mol. The molecule has 1 saturated carbocycles. The van der Waals surface area contributed by atoms with Gasteiger partial charge in [0.25, 0.3) is 0 Å². The van der Waals surface area contributed by atoms with E-state index in [0.29, 0.717) is 18.6 Å². The molecule has 4 nitrogen and oxygen atoms in total. The molecule has 0 unspecified atom stereocenters. The van der Waals surface area contributed by atoms with Crippen LogP contribution in [-0.2, 0) is 15.1 Å². The second kappa shape index (κ2) is 2.95. The molecular formula is C11H12N2O2. The SMILES string of the molecule is O=C1CCC2(CC1)OC=Cc1nc[nH]c12. The van der Waals surface area contributed by atoms with Crippen LogP contribution in [0.1, 0.15) is 37.1 Å². The first kappa shape index (κ1) is 8.71. The second-order valence-electron chi connectivity index (χ2n) is 4.12. The summed E-state index contributed by atoms with van der Waals surface area (Å²) in [6.07, 6.45) is 7.95. The third kappa shape index (κ3) is 1.21. The minimum Gasteiger partial charge on any atom is -0.488 e. The molecule has 0 saturated heterocycles. The molecule has 1 aromatic heterocycles. The predicted octanol–water partition coefficient (Wildman–Crippen LogP) is 1.75. The molecule has 3 rings (SSSR count). The summed E-state index contributed by atoms with van der Waals surface area (Å²) >= 11 is 0. The molecule has 2 aliphatic rings. The fourth-order valence-corrected chi connectivity index (χ4v) is 2.38. The van der Waals surface area contributed by atoms with Crippen LogP contribution in [0.15, 0.2) is 12.6 Å². The van der Waals surface area contributed by atoms with Crippen LogP contribution in [-0.4, -0.2) is 15.8 Å². The lowest BCUT2D eigenvalue weighted by Gasteiger charge is -2.37. The maximum Gasteiger partial charge on any atom is 0.151 e. The summed E-state index contributed by atoms with van der Waals surface area (Å²) in [5, 5.41) is 0. The zero-order valence-corrected chi connectivity index (χ0v) is 8.32. The summed E-state index contributed by atoms with van der Waals surface area (Å²) in [5.41, 5.74) is 1.64. The van der Waals surface area contributed by atoms with Crippen LogP contribution in [0.3, 0.4) is 0 Å². The van der Waals surface area contributed by atoms with Gasteiger partial charge in [-0.25, -0.2) is 4.98 Å². The van der Waals surface area contributed by atoms with Crippen molar-refractivity contribution in [2.45, 2.75) is 31.3 Å². The Hall–Kier alpha value is -1.58. The zero-order valence-electron chi connectivity index (χ0n) is 8.32. The molecule has 4 heteroatoms. The van der Waals surface area contributed by atoms with Crippen LogP contribution in [0.2, 0.25) is 0 Å². The van der Waals surface area contributed by atoms with E-state index in [1.54, 1.807) is 12.6 Å². The lowest BCUT2D eigenvalue weighted by atomic mass is 9.80. The number of hydrogen-bond acceptors (Lipinski definition) is 3. The van der Waals surface area contributed by atoms with E-state index >= 15 is 0 Å². The number of carbonyl (C=O) groups excluding carboxylic acids is 1. The topological polar surface area (TPSA) is 55.0 Å². The van der Waals surface area contributed by atoms with Gasteiger partial charge in [-0.3, -0.25) is 4.79 Å². The van der Waals surface area contributed by atoms with Gasteiger partial charge < -0.3 is 9.72 Å². The maximum atomic E-state index is 11.2.